The molecule has 1 aromatic carbocycles. The van der Waals surface area contributed by atoms with Gasteiger partial charge in [-0.2, -0.15) is 0 Å². The molecule has 70 valence electrons. The van der Waals surface area contributed by atoms with Crippen molar-refractivity contribution in [1.82, 2.24) is 0 Å². The molecule has 0 aliphatic rings. The van der Waals surface area contributed by atoms with Crippen LogP contribution in [0.25, 0.3) is 0 Å². The SMILES string of the molecule is CC(C)(C(=O)CO)c1ccccc1. The summed E-state index contributed by atoms with van der Waals surface area (Å²) in [5, 5.41) is 8.78. The zero-order valence-electron chi connectivity index (χ0n) is 7.95. The topological polar surface area (TPSA) is 37.3 Å². The van der Waals surface area contributed by atoms with Crippen molar-refractivity contribution in [3.8, 4) is 0 Å². The zero-order chi connectivity index (χ0) is 9.90. The van der Waals surface area contributed by atoms with Crippen LogP contribution in [-0.2, 0) is 10.2 Å². The van der Waals surface area contributed by atoms with E-state index in [0.717, 1.165) is 5.56 Å². The Balaban J connectivity index is 3.00. The molecule has 0 aliphatic carbocycles. The number of aliphatic hydroxyl groups excluding tert-OH is 1. The van der Waals surface area contributed by atoms with Crippen molar-refractivity contribution < 1.29 is 9.90 Å². The Morgan fingerprint density at radius 3 is 2.31 bits per heavy atom. The van der Waals surface area contributed by atoms with Crippen molar-refractivity contribution in [2.24, 2.45) is 0 Å². The van der Waals surface area contributed by atoms with Crippen LogP contribution in [-0.4, -0.2) is 17.5 Å². The quantitative estimate of drug-likeness (QED) is 0.762. The molecule has 0 saturated carbocycles. The number of carbonyl (C=O) groups excluding carboxylic acids is 1. The highest BCUT2D eigenvalue weighted by Gasteiger charge is 2.28. The fraction of sp³-hybridized carbons (Fsp3) is 0.364. The Morgan fingerprint density at radius 1 is 1.31 bits per heavy atom. The Kier molecular flexibility index (Phi) is 2.83. The van der Waals surface area contributed by atoms with Crippen LogP contribution in [0.15, 0.2) is 30.3 Å². The Morgan fingerprint density at radius 2 is 1.85 bits per heavy atom. The number of aliphatic hydroxyl groups is 1. The molecule has 13 heavy (non-hydrogen) atoms. The Bertz CT molecular complexity index is 288. The molecular weight excluding hydrogens is 164 g/mol. The van der Waals surface area contributed by atoms with E-state index in [0.29, 0.717) is 0 Å². The number of benzene rings is 1. The van der Waals surface area contributed by atoms with Crippen molar-refractivity contribution in [1.29, 1.82) is 0 Å². The van der Waals surface area contributed by atoms with Gasteiger partial charge in [-0.1, -0.05) is 30.3 Å². The molecule has 0 radical (unpaired) electrons. The average molecular weight is 178 g/mol. The second kappa shape index (κ2) is 3.71. The molecule has 0 fully saturated rings. The monoisotopic (exact) mass is 178 g/mol. The van der Waals surface area contributed by atoms with Crippen LogP contribution in [0.4, 0.5) is 0 Å². The minimum atomic E-state index is -0.587. The van der Waals surface area contributed by atoms with Crippen LogP contribution in [0.5, 0.6) is 0 Å². The summed E-state index contributed by atoms with van der Waals surface area (Å²) in [5.41, 5.74) is 0.352. The van der Waals surface area contributed by atoms with Gasteiger partial charge < -0.3 is 5.11 Å². The molecule has 0 aliphatic heterocycles. The first-order chi connectivity index (χ1) is 6.09. The number of hydrogen-bond donors (Lipinski definition) is 1. The minimum Gasteiger partial charge on any atom is -0.389 e. The van der Waals surface area contributed by atoms with E-state index < -0.39 is 12.0 Å². The molecule has 0 unspecified atom stereocenters. The van der Waals surface area contributed by atoms with E-state index in [4.69, 9.17) is 5.11 Å². The van der Waals surface area contributed by atoms with Gasteiger partial charge in [-0.25, -0.2) is 0 Å². The highest BCUT2D eigenvalue weighted by atomic mass is 16.3. The second-order valence-electron chi connectivity index (χ2n) is 3.57. The molecule has 1 rings (SSSR count). The van der Waals surface area contributed by atoms with E-state index in [1.807, 2.05) is 44.2 Å². The molecule has 0 bridgehead atoms. The molecule has 0 saturated heterocycles. The molecule has 2 heteroatoms. The van der Waals surface area contributed by atoms with Gasteiger partial charge >= 0.3 is 0 Å². The third kappa shape index (κ3) is 1.95. The molecule has 1 aromatic rings. The number of Topliss-reactive ketones (excluding diaryl/α,β-unsaturated/α-hetero) is 1. The molecule has 0 spiro atoms. The summed E-state index contributed by atoms with van der Waals surface area (Å²) in [6.07, 6.45) is 0. The van der Waals surface area contributed by atoms with Crippen molar-refractivity contribution in [2.75, 3.05) is 6.61 Å². The normalized spacial score (nSPS) is 11.3. The van der Waals surface area contributed by atoms with Gasteiger partial charge in [0.15, 0.2) is 5.78 Å². The lowest BCUT2D eigenvalue weighted by molar-refractivity contribution is -0.126. The maximum absolute atomic E-state index is 11.4. The van der Waals surface area contributed by atoms with Crippen molar-refractivity contribution in [2.45, 2.75) is 19.3 Å². The van der Waals surface area contributed by atoms with Crippen LogP contribution in [0, 0.1) is 0 Å². The van der Waals surface area contributed by atoms with Crippen LogP contribution in [0.2, 0.25) is 0 Å². The van der Waals surface area contributed by atoms with E-state index in [9.17, 15) is 4.79 Å². The largest absolute Gasteiger partial charge is 0.389 e. The third-order valence-corrected chi connectivity index (χ3v) is 2.34. The lowest BCUT2D eigenvalue weighted by Crippen LogP contribution is -2.31. The first-order valence-electron chi connectivity index (χ1n) is 4.28. The standard InChI is InChI=1S/C11H14O2/c1-11(2,10(13)8-12)9-6-4-3-5-7-9/h3-7,12H,8H2,1-2H3. The van der Waals surface area contributed by atoms with Gasteiger partial charge in [0.05, 0.1) is 5.41 Å². The van der Waals surface area contributed by atoms with Gasteiger partial charge in [0.25, 0.3) is 0 Å². The predicted molar refractivity (Wildman–Crippen MR) is 51.6 cm³/mol. The summed E-state index contributed by atoms with van der Waals surface area (Å²) in [6, 6.07) is 9.48. The first kappa shape index (κ1) is 9.93. The molecule has 0 amide bonds. The molecule has 0 heterocycles. The van der Waals surface area contributed by atoms with Crippen molar-refractivity contribution >= 4 is 5.78 Å². The summed E-state index contributed by atoms with van der Waals surface area (Å²) in [4.78, 5) is 11.4. The van der Waals surface area contributed by atoms with Gasteiger partial charge in [-0.3, -0.25) is 4.79 Å². The maximum atomic E-state index is 11.4. The van der Waals surface area contributed by atoms with Crippen LogP contribution < -0.4 is 0 Å². The van der Waals surface area contributed by atoms with Crippen LogP contribution in [0.3, 0.4) is 0 Å². The molecule has 1 N–H and O–H groups in total. The number of carbonyl (C=O) groups is 1. The van der Waals surface area contributed by atoms with E-state index >= 15 is 0 Å². The lowest BCUT2D eigenvalue weighted by Gasteiger charge is -2.22. The highest BCUT2D eigenvalue weighted by molar-refractivity contribution is 5.90. The third-order valence-electron chi connectivity index (χ3n) is 2.34. The zero-order valence-corrected chi connectivity index (χ0v) is 7.95. The van der Waals surface area contributed by atoms with Gasteiger partial charge in [-0.05, 0) is 19.4 Å². The Labute approximate surface area is 78.2 Å². The van der Waals surface area contributed by atoms with Crippen molar-refractivity contribution in [3.05, 3.63) is 35.9 Å². The summed E-state index contributed by atoms with van der Waals surface area (Å²) in [5.74, 6) is -0.154. The van der Waals surface area contributed by atoms with Gasteiger partial charge in [0.2, 0.25) is 0 Å². The smallest absolute Gasteiger partial charge is 0.168 e. The van der Waals surface area contributed by atoms with Gasteiger partial charge in [0.1, 0.15) is 6.61 Å². The number of ketones is 1. The number of rotatable bonds is 3. The van der Waals surface area contributed by atoms with Crippen molar-refractivity contribution in [3.63, 3.8) is 0 Å². The fourth-order valence-electron chi connectivity index (χ4n) is 1.21. The molecular formula is C11H14O2. The molecule has 0 aromatic heterocycles. The molecule has 0 atom stereocenters. The maximum Gasteiger partial charge on any atom is 0.168 e. The first-order valence-corrected chi connectivity index (χ1v) is 4.28. The van der Waals surface area contributed by atoms with Gasteiger partial charge in [-0.15, -0.1) is 0 Å². The number of hydrogen-bond acceptors (Lipinski definition) is 2. The van der Waals surface area contributed by atoms with E-state index in [1.165, 1.54) is 0 Å². The van der Waals surface area contributed by atoms with Crippen LogP contribution >= 0.6 is 0 Å². The van der Waals surface area contributed by atoms with Crippen LogP contribution in [0.1, 0.15) is 19.4 Å². The average Bonchev–Trinajstić information content (AvgIpc) is 2.18. The fourth-order valence-corrected chi connectivity index (χ4v) is 1.21. The minimum absolute atomic E-state index is 0.154. The molecule has 2 nitrogen and oxygen atoms in total. The Hall–Kier alpha value is -1.15. The van der Waals surface area contributed by atoms with E-state index in [-0.39, 0.29) is 5.78 Å². The summed E-state index contributed by atoms with van der Waals surface area (Å²) in [7, 11) is 0. The van der Waals surface area contributed by atoms with Gasteiger partial charge in [0, 0.05) is 0 Å². The second-order valence-corrected chi connectivity index (χ2v) is 3.57. The van der Waals surface area contributed by atoms with E-state index in [1.54, 1.807) is 0 Å². The highest BCUT2D eigenvalue weighted by Crippen LogP contribution is 2.23. The predicted octanol–water partition coefficient (Wildman–Crippen LogP) is 1.53. The summed E-state index contributed by atoms with van der Waals surface area (Å²) in [6.45, 7) is 3.24. The summed E-state index contributed by atoms with van der Waals surface area (Å²) < 4.78 is 0. The summed E-state index contributed by atoms with van der Waals surface area (Å²) >= 11 is 0. The van der Waals surface area contributed by atoms with E-state index in [2.05, 4.69) is 0 Å². The lowest BCUT2D eigenvalue weighted by atomic mass is 9.81.